The lowest BCUT2D eigenvalue weighted by atomic mass is 10.1. The minimum absolute atomic E-state index is 0.395. The van der Waals surface area contributed by atoms with Crippen molar-refractivity contribution in [3.8, 4) is 0 Å². The van der Waals surface area contributed by atoms with Gasteiger partial charge in [-0.15, -0.1) is 0 Å². The molecule has 2 rings (SSSR count). The maximum atomic E-state index is 13.8. The molecule has 0 radical (unpaired) electrons. The van der Waals surface area contributed by atoms with Gasteiger partial charge in [-0.2, -0.15) is 13.2 Å². The van der Waals surface area contributed by atoms with Crippen LogP contribution in [0, 0.1) is 30.2 Å². The molecule has 0 unspecified atom stereocenters. The fourth-order valence-electron chi connectivity index (χ4n) is 1.99. The number of rotatable bonds is 2. The van der Waals surface area contributed by atoms with Gasteiger partial charge in [-0.25, -0.2) is 17.6 Å². The van der Waals surface area contributed by atoms with Gasteiger partial charge in [0.25, 0.3) is 0 Å². The highest BCUT2D eigenvalue weighted by Crippen LogP contribution is 2.38. The summed E-state index contributed by atoms with van der Waals surface area (Å²) in [6.45, 7) is 1.75. The summed E-state index contributed by atoms with van der Waals surface area (Å²) in [7, 11) is 0. The number of anilines is 2. The Kier molecular flexibility index (Phi) is 5.21. The normalized spacial score (nSPS) is 11.4. The van der Waals surface area contributed by atoms with Crippen LogP contribution in [0.1, 0.15) is 11.1 Å². The molecule has 10 heteroatoms. The van der Waals surface area contributed by atoms with Gasteiger partial charge in [0.15, 0.2) is 28.4 Å². The van der Waals surface area contributed by atoms with Crippen LogP contribution in [0.4, 0.5) is 42.1 Å². The van der Waals surface area contributed by atoms with Crippen molar-refractivity contribution in [2.24, 2.45) is 0 Å². The van der Waals surface area contributed by atoms with E-state index < -0.39 is 45.8 Å². The van der Waals surface area contributed by atoms with Crippen molar-refractivity contribution in [2.45, 2.75) is 13.1 Å². The van der Waals surface area contributed by atoms with E-state index in [1.54, 1.807) is 31.2 Å². The molecule has 0 saturated carbocycles. The van der Waals surface area contributed by atoms with Crippen LogP contribution in [-0.4, -0.2) is 5.11 Å². The quantitative estimate of drug-likeness (QED) is 0.414. The molecule has 0 atom stereocenters. The maximum absolute atomic E-state index is 13.8. The van der Waals surface area contributed by atoms with Crippen LogP contribution in [0.3, 0.4) is 0 Å². The number of halogens is 7. The number of hydrogen-bond acceptors (Lipinski definition) is 1. The SMILES string of the molecule is Cc1cccc(NC(=S)Nc2c(F)c(F)c(C(F)(F)F)c(F)c2F)c1. The highest BCUT2D eigenvalue weighted by atomic mass is 32.1. The van der Waals surface area contributed by atoms with Gasteiger partial charge in [-0.1, -0.05) is 12.1 Å². The highest BCUT2D eigenvalue weighted by molar-refractivity contribution is 7.80. The standard InChI is InChI=1S/C15H9F7N2S/c1-6-3-2-4-7(5-6)23-14(25)24-13-11(18)9(16)8(15(20,21)22)10(17)12(13)19/h2-5H,1H3,(H2,23,24,25). The molecule has 2 aromatic carbocycles. The monoisotopic (exact) mass is 382 g/mol. The van der Waals surface area contributed by atoms with E-state index in [0.29, 0.717) is 5.69 Å². The molecule has 0 heterocycles. The van der Waals surface area contributed by atoms with Crippen molar-refractivity contribution in [1.29, 1.82) is 0 Å². The molecule has 0 amide bonds. The van der Waals surface area contributed by atoms with Crippen molar-refractivity contribution >= 4 is 28.7 Å². The Balaban J connectivity index is 2.36. The number of thiocarbonyl (C=S) groups is 1. The Morgan fingerprint density at radius 1 is 0.920 bits per heavy atom. The van der Waals surface area contributed by atoms with Gasteiger partial charge >= 0.3 is 6.18 Å². The summed E-state index contributed by atoms with van der Waals surface area (Å²) in [6, 6.07) is 6.54. The average Bonchev–Trinajstić information content (AvgIpc) is 2.48. The first-order valence-electron chi connectivity index (χ1n) is 6.60. The van der Waals surface area contributed by atoms with E-state index in [2.05, 4.69) is 5.32 Å². The van der Waals surface area contributed by atoms with E-state index in [-0.39, 0.29) is 0 Å². The molecule has 2 nitrogen and oxygen atoms in total. The Morgan fingerprint density at radius 3 is 1.96 bits per heavy atom. The molecule has 0 bridgehead atoms. The number of aryl methyl sites for hydroxylation is 1. The second-order valence-corrected chi connectivity index (χ2v) is 5.36. The largest absolute Gasteiger partial charge is 0.422 e. The van der Waals surface area contributed by atoms with Crippen molar-refractivity contribution in [2.75, 3.05) is 10.6 Å². The molecule has 2 N–H and O–H groups in total. The van der Waals surface area contributed by atoms with Gasteiger partial charge in [-0.05, 0) is 36.8 Å². The van der Waals surface area contributed by atoms with Crippen LogP contribution in [0.5, 0.6) is 0 Å². The van der Waals surface area contributed by atoms with Crippen molar-refractivity contribution in [3.63, 3.8) is 0 Å². The second-order valence-electron chi connectivity index (χ2n) is 4.95. The first-order chi connectivity index (χ1) is 11.5. The first-order valence-corrected chi connectivity index (χ1v) is 7.01. The average molecular weight is 382 g/mol. The van der Waals surface area contributed by atoms with Gasteiger partial charge in [0.2, 0.25) is 0 Å². The van der Waals surface area contributed by atoms with Crippen LogP contribution in [0.15, 0.2) is 24.3 Å². The van der Waals surface area contributed by atoms with Crippen LogP contribution < -0.4 is 10.6 Å². The Morgan fingerprint density at radius 2 is 1.48 bits per heavy atom. The highest BCUT2D eigenvalue weighted by Gasteiger charge is 2.42. The van der Waals surface area contributed by atoms with Crippen molar-refractivity contribution < 1.29 is 30.7 Å². The molecular weight excluding hydrogens is 373 g/mol. The van der Waals surface area contributed by atoms with Gasteiger partial charge in [0, 0.05) is 5.69 Å². The third-order valence-corrected chi connectivity index (χ3v) is 3.27. The third-order valence-electron chi connectivity index (χ3n) is 3.06. The zero-order chi connectivity index (χ0) is 18.9. The Hall–Kier alpha value is -2.36. The molecular formula is C15H9F7N2S. The van der Waals surface area contributed by atoms with Gasteiger partial charge < -0.3 is 10.6 Å². The predicted octanol–water partition coefficient (Wildman–Crippen LogP) is 5.38. The van der Waals surface area contributed by atoms with E-state index in [4.69, 9.17) is 12.2 Å². The second kappa shape index (κ2) is 6.87. The summed E-state index contributed by atoms with van der Waals surface area (Å²) in [5, 5.41) is 3.85. The molecule has 0 aromatic heterocycles. The topological polar surface area (TPSA) is 24.1 Å². The van der Waals surface area contributed by atoms with Crippen LogP contribution >= 0.6 is 12.2 Å². The van der Waals surface area contributed by atoms with E-state index in [1.165, 1.54) is 0 Å². The summed E-state index contributed by atoms with van der Waals surface area (Å²) in [6.07, 6.45) is -5.60. The maximum Gasteiger partial charge on any atom is 0.422 e. The smallest absolute Gasteiger partial charge is 0.332 e. The van der Waals surface area contributed by atoms with E-state index >= 15 is 0 Å². The Bertz CT molecular complexity index is 804. The van der Waals surface area contributed by atoms with E-state index in [1.807, 2.05) is 5.32 Å². The van der Waals surface area contributed by atoms with E-state index in [9.17, 15) is 30.7 Å². The molecule has 0 aliphatic heterocycles. The van der Waals surface area contributed by atoms with Crippen molar-refractivity contribution in [1.82, 2.24) is 0 Å². The summed E-state index contributed by atoms with van der Waals surface area (Å²) in [5.41, 5.74) is -2.90. The predicted molar refractivity (Wildman–Crippen MR) is 82.3 cm³/mol. The number of hydrogen-bond donors (Lipinski definition) is 2. The minimum Gasteiger partial charge on any atom is -0.332 e. The zero-order valence-electron chi connectivity index (χ0n) is 12.4. The summed E-state index contributed by atoms with van der Waals surface area (Å²) in [5.74, 6) is -9.60. The van der Waals surface area contributed by atoms with Crippen LogP contribution in [-0.2, 0) is 6.18 Å². The van der Waals surface area contributed by atoms with Gasteiger partial charge in [0.1, 0.15) is 11.3 Å². The number of benzene rings is 2. The fraction of sp³-hybridized carbons (Fsp3) is 0.133. The molecule has 0 spiro atoms. The van der Waals surface area contributed by atoms with Gasteiger partial charge in [-0.3, -0.25) is 0 Å². The van der Waals surface area contributed by atoms with Gasteiger partial charge in [0.05, 0.1) is 0 Å². The molecule has 25 heavy (non-hydrogen) atoms. The van der Waals surface area contributed by atoms with Crippen LogP contribution in [0.25, 0.3) is 0 Å². The zero-order valence-corrected chi connectivity index (χ0v) is 13.2. The molecule has 0 fully saturated rings. The fourth-order valence-corrected chi connectivity index (χ4v) is 2.21. The third kappa shape index (κ3) is 4.01. The van der Waals surface area contributed by atoms with Crippen molar-refractivity contribution in [3.05, 3.63) is 58.7 Å². The Labute approximate surface area is 142 Å². The lowest BCUT2D eigenvalue weighted by Gasteiger charge is -2.16. The summed E-state index contributed by atoms with van der Waals surface area (Å²) in [4.78, 5) is 0. The first kappa shape index (κ1) is 19.0. The lowest BCUT2D eigenvalue weighted by Crippen LogP contribution is -2.23. The minimum atomic E-state index is -5.60. The van der Waals surface area contributed by atoms with Crippen LogP contribution in [0.2, 0.25) is 0 Å². The summed E-state index contributed by atoms with van der Waals surface area (Å²) >= 11 is 4.75. The molecule has 0 aliphatic carbocycles. The molecule has 0 saturated heterocycles. The molecule has 0 aliphatic rings. The molecule has 2 aromatic rings. The number of alkyl halides is 3. The van der Waals surface area contributed by atoms with E-state index in [0.717, 1.165) is 5.56 Å². The lowest BCUT2D eigenvalue weighted by molar-refractivity contribution is -0.143. The number of nitrogens with one attached hydrogen (secondary N) is 2. The molecule has 134 valence electrons. The summed E-state index contributed by atoms with van der Waals surface area (Å²) < 4.78 is 92.1.